The quantitative estimate of drug-likeness (QED) is 0.814. The maximum Gasteiger partial charge on any atom is 0.244 e. The van der Waals surface area contributed by atoms with Crippen molar-refractivity contribution in [3.8, 4) is 0 Å². The lowest BCUT2D eigenvalue weighted by Gasteiger charge is -2.28. The van der Waals surface area contributed by atoms with Crippen LogP contribution in [0.2, 0.25) is 0 Å². The van der Waals surface area contributed by atoms with Crippen molar-refractivity contribution in [1.29, 1.82) is 0 Å². The molecule has 104 valence electrons. The Morgan fingerprint density at radius 3 is 2.63 bits per heavy atom. The molecule has 1 aliphatic rings. The summed E-state index contributed by atoms with van der Waals surface area (Å²) in [6, 6.07) is 5.78. The summed E-state index contributed by atoms with van der Waals surface area (Å²) in [5, 5.41) is 6.44. The van der Waals surface area contributed by atoms with Crippen molar-refractivity contribution in [2.45, 2.75) is 38.1 Å². The lowest BCUT2D eigenvalue weighted by molar-refractivity contribution is -0.122. The number of halogens is 2. The molecule has 1 aromatic rings. The van der Waals surface area contributed by atoms with Gasteiger partial charge in [0.1, 0.15) is 0 Å². The van der Waals surface area contributed by atoms with Crippen LogP contribution in [0.15, 0.2) is 27.1 Å². The third-order valence-corrected chi connectivity index (χ3v) is 4.88. The zero-order valence-electron chi connectivity index (χ0n) is 10.9. The molecule has 1 aliphatic heterocycles. The SMILES string of the molecule is CCCC1(C(=O)Nc2c(Br)cccc2Br)CCCN1. The maximum absolute atomic E-state index is 12.6. The molecule has 1 unspecified atom stereocenters. The summed E-state index contributed by atoms with van der Waals surface area (Å²) in [6.07, 6.45) is 3.84. The van der Waals surface area contributed by atoms with Crippen LogP contribution >= 0.6 is 31.9 Å². The minimum Gasteiger partial charge on any atom is -0.323 e. The second kappa shape index (κ2) is 6.37. The monoisotopic (exact) mass is 388 g/mol. The Balaban J connectivity index is 2.20. The van der Waals surface area contributed by atoms with Gasteiger partial charge in [0.15, 0.2) is 0 Å². The van der Waals surface area contributed by atoms with Crippen LogP contribution in [-0.4, -0.2) is 18.0 Å². The standard InChI is InChI=1S/C14H18Br2N2O/c1-2-7-14(8-4-9-17-14)13(19)18-12-10(15)5-3-6-11(12)16/h3,5-6,17H,2,4,7-9H2,1H3,(H,18,19). The van der Waals surface area contributed by atoms with Crippen LogP contribution < -0.4 is 10.6 Å². The Bertz CT molecular complexity index is 450. The van der Waals surface area contributed by atoms with E-state index in [1.807, 2.05) is 18.2 Å². The molecule has 0 aliphatic carbocycles. The number of hydrogen-bond donors (Lipinski definition) is 2. The van der Waals surface area contributed by atoms with E-state index in [9.17, 15) is 4.79 Å². The Morgan fingerprint density at radius 1 is 1.42 bits per heavy atom. The first-order chi connectivity index (χ1) is 9.09. The molecule has 19 heavy (non-hydrogen) atoms. The third kappa shape index (κ3) is 3.20. The molecule has 1 atom stereocenters. The van der Waals surface area contributed by atoms with Crippen LogP contribution in [0, 0.1) is 0 Å². The molecule has 5 heteroatoms. The maximum atomic E-state index is 12.6. The van der Waals surface area contributed by atoms with E-state index in [1.165, 1.54) is 0 Å². The molecule has 2 N–H and O–H groups in total. The summed E-state index contributed by atoms with van der Waals surface area (Å²) in [5.41, 5.74) is 0.403. The molecule has 1 saturated heterocycles. The summed E-state index contributed by atoms with van der Waals surface area (Å²) in [7, 11) is 0. The van der Waals surface area contributed by atoms with Crippen LogP contribution in [0.25, 0.3) is 0 Å². The molecule has 0 spiro atoms. The van der Waals surface area contributed by atoms with Gasteiger partial charge in [-0.1, -0.05) is 19.4 Å². The lowest BCUT2D eigenvalue weighted by Crippen LogP contribution is -2.50. The number of anilines is 1. The van der Waals surface area contributed by atoms with E-state index >= 15 is 0 Å². The highest BCUT2D eigenvalue weighted by molar-refractivity contribution is 9.11. The van der Waals surface area contributed by atoms with Crippen LogP contribution in [0.4, 0.5) is 5.69 Å². The van der Waals surface area contributed by atoms with Gasteiger partial charge in [0, 0.05) is 8.95 Å². The molecule has 0 saturated carbocycles. The van der Waals surface area contributed by atoms with Gasteiger partial charge in [-0.15, -0.1) is 0 Å². The lowest BCUT2D eigenvalue weighted by atomic mass is 9.91. The summed E-state index contributed by atoms with van der Waals surface area (Å²) in [4.78, 5) is 12.6. The van der Waals surface area contributed by atoms with Gasteiger partial charge >= 0.3 is 0 Å². The van der Waals surface area contributed by atoms with E-state index in [2.05, 4.69) is 49.4 Å². The number of carbonyl (C=O) groups excluding carboxylic acids is 1. The number of para-hydroxylation sites is 1. The van der Waals surface area contributed by atoms with Crippen molar-refractivity contribution >= 4 is 43.5 Å². The zero-order valence-corrected chi connectivity index (χ0v) is 14.1. The molecular formula is C14H18Br2N2O. The predicted octanol–water partition coefficient (Wildman–Crippen LogP) is 4.07. The van der Waals surface area contributed by atoms with E-state index < -0.39 is 5.54 Å². The molecule has 0 aromatic heterocycles. The second-order valence-electron chi connectivity index (χ2n) is 4.91. The Morgan fingerprint density at radius 2 is 2.11 bits per heavy atom. The number of benzene rings is 1. The average Bonchev–Trinajstić information content (AvgIpc) is 2.84. The molecule has 3 nitrogen and oxygen atoms in total. The van der Waals surface area contributed by atoms with Gasteiger partial charge in [-0.2, -0.15) is 0 Å². The van der Waals surface area contributed by atoms with Gasteiger partial charge in [0.2, 0.25) is 5.91 Å². The van der Waals surface area contributed by atoms with Crippen molar-refractivity contribution in [1.82, 2.24) is 5.32 Å². The molecule has 1 amide bonds. The Labute approximate surface area is 130 Å². The van der Waals surface area contributed by atoms with Crippen molar-refractivity contribution in [2.24, 2.45) is 0 Å². The average molecular weight is 390 g/mol. The van der Waals surface area contributed by atoms with Crippen LogP contribution in [0.3, 0.4) is 0 Å². The summed E-state index contributed by atoms with van der Waals surface area (Å²) in [6.45, 7) is 3.04. The second-order valence-corrected chi connectivity index (χ2v) is 6.62. The van der Waals surface area contributed by atoms with Crippen molar-refractivity contribution in [2.75, 3.05) is 11.9 Å². The minimum absolute atomic E-state index is 0.0689. The number of carbonyl (C=O) groups is 1. The largest absolute Gasteiger partial charge is 0.323 e. The van der Waals surface area contributed by atoms with E-state index in [0.717, 1.165) is 46.9 Å². The molecule has 1 heterocycles. The summed E-state index contributed by atoms with van der Waals surface area (Å²) >= 11 is 6.95. The van der Waals surface area contributed by atoms with Crippen LogP contribution in [-0.2, 0) is 4.79 Å². The highest BCUT2D eigenvalue weighted by Gasteiger charge is 2.40. The molecule has 1 fully saturated rings. The predicted molar refractivity (Wildman–Crippen MR) is 85.3 cm³/mol. The minimum atomic E-state index is -0.399. The molecule has 1 aromatic carbocycles. The third-order valence-electron chi connectivity index (χ3n) is 3.56. The Hall–Kier alpha value is -0.390. The number of amides is 1. The first kappa shape index (κ1) is 15.0. The molecule has 0 radical (unpaired) electrons. The first-order valence-electron chi connectivity index (χ1n) is 6.59. The van der Waals surface area contributed by atoms with E-state index in [4.69, 9.17) is 0 Å². The number of rotatable bonds is 4. The van der Waals surface area contributed by atoms with E-state index in [1.54, 1.807) is 0 Å². The number of nitrogens with one attached hydrogen (secondary N) is 2. The van der Waals surface area contributed by atoms with Gasteiger partial charge in [0.25, 0.3) is 0 Å². The summed E-state index contributed by atoms with van der Waals surface area (Å²) < 4.78 is 1.78. The van der Waals surface area contributed by atoms with Gasteiger partial charge in [0.05, 0.1) is 11.2 Å². The first-order valence-corrected chi connectivity index (χ1v) is 8.18. The normalized spacial score (nSPS) is 22.5. The van der Waals surface area contributed by atoms with Gasteiger partial charge in [-0.05, 0) is 69.8 Å². The van der Waals surface area contributed by atoms with Crippen LogP contribution in [0.1, 0.15) is 32.6 Å². The number of hydrogen-bond acceptors (Lipinski definition) is 2. The Kier molecular flexibility index (Phi) is 5.03. The van der Waals surface area contributed by atoms with E-state index in [0.29, 0.717) is 0 Å². The summed E-state index contributed by atoms with van der Waals surface area (Å²) in [5.74, 6) is 0.0689. The molecular weight excluding hydrogens is 372 g/mol. The highest BCUT2D eigenvalue weighted by atomic mass is 79.9. The molecule has 0 bridgehead atoms. The van der Waals surface area contributed by atoms with E-state index in [-0.39, 0.29) is 5.91 Å². The van der Waals surface area contributed by atoms with Gasteiger partial charge < -0.3 is 10.6 Å². The van der Waals surface area contributed by atoms with Crippen molar-refractivity contribution < 1.29 is 4.79 Å². The van der Waals surface area contributed by atoms with Gasteiger partial charge in [-0.3, -0.25) is 4.79 Å². The van der Waals surface area contributed by atoms with Crippen molar-refractivity contribution in [3.05, 3.63) is 27.1 Å². The molecule has 2 rings (SSSR count). The van der Waals surface area contributed by atoms with Gasteiger partial charge in [-0.25, -0.2) is 0 Å². The smallest absolute Gasteiger partial charge is 0.244 e. The van der Waals surface area contributed by atoms with Crippen LogP contribution in [0.5, 0.6) is 0 Å². The topological polar surface area (TPSA) is 41.1 Å². The highest BCUT2D eigenvalue weighted by Crippen LogP contribution is 2.33. The van der Waals surface area contributed by atoms with Crippen molar-refractivity contribution in [3.63, 3.8) is 0 Å². The fourth-order valence-electron chi connectivity index (χ4n) is 2.60. The zero-order chi connectivity index (χ0) is 13.9. The fraction of sp³-hybridized carbons (Fsp3) is 0.500. The fourth-order valence-corrected chi connectivity index (χ4v) is 3.80.